The molecule has 0 aromatic carbocycles. The zero-order valence-corrected chi connectivity index (χ0v) is 10.8. The van der Waals surface area contributed by atoms with Crippen molar-refractivity contribution in [2.45, 2.75) is 32.1 Å². The monoisotopic (exact) mass is 218 g/mol. The van der Waals surface area contributed by atoms with Crippen LogP contribution in [0, 0.1) is 0 Å². The van der Waals surface area contributed by atoms with E-state index >= 15 is 0 Å². The third-order valence-corrected chi connectivity index (χ3v) is 2.34. The Morgan fingerprint density at radius 1 is 1.00 bits per heavy atom. The van der Waals surface area contributed by atoms with Gasteiger partial charge in [0, 0.05) is 12.4 Å². The van der Waals surface area contributed by atoms with Crippen LogP contribution >= 0.6 is 0 Å². The van der Waals surface area contributed by atoms with Crippen molar-refractivity contribution in [2.75, 3.05) is 12.4 Å². The summed E-state index contributed by atoms with van der Waals surface area (Å²) in [5.74, 6) is -0.258. The molecular weight excluding hydrogens is 203 g/mol. The molecular formula is C7H15NaO4S. The van der Waals surface area contributed by atoms with E-state index in [1.54, 1.807) is 0 Å². The van der Waals surface area contributed by atoms with Crippen LogP contribution < -0.4 is 29.6 Å². The Bertz CT molecular complexity index is 191. The van der Waals surface area contributed by atoms with E-state index in [1.807, 2.05) is 0 Å². The molecule has 0 aliphatic carbocycles. The number of aliphatic hydroxyl groups excluding tert-OH is 1. The van der Waals surface area contributed by atoms with Crippen molar-refractivity contribution in [2.24, 2.45) is 0 Å². The summed E-state index contributed by atoms with van der Waals surface area (Å²) < 4.78 is 30.4. The van der Waals surface area contributed by atoms with E-state index in [4.69, 9.17) is 5.11 Å². The number of rotatable bonds is 7. The van der Waals surface area contributed by atoms with Gasteiger partial charge in [0.25, 0.3) is 0 Å². The van der Waals surface area contributed by atoms with Crippen LogP contribution in [0.2, 0.25) is 0 Å². The molecule has 0 saturated carbocycles. The summed E-state index contributed by atoms with van der Waals surface area (Å²) in [5.41, 5.74) is 0. The maximum Gasteiger partial charge on any atom is 1.00 e. The predicted octanol–water partition coefficient (Wildman–Crippen LogP) is -2.52. The molecule has 0 aromatic rings. The Hall–Kier alpha value is 0.870. The van der Waals surface area contributed by atoms with Crippen molar-refractivity contribution in [1.82, 2.24) is 0 Å². The number of hydrogen-bond donors (Lipinski definition) is 1. The Balaban J connectivity index is 0. The largest absolute Gasteiger partial charge is 1.00 e. The molecule has 1 N–H and O–H groups in total. The molecule has 4 nitrogen and oxygen atoms in total. The average molecular weight is 218 g/mol. The average Bonchev–Trinajstić information content (AvgIpc) is 1.94. The number of unbranched alkanes of at least 4 members (excludes halogenated alkanes) is 4. The Labute approximate surface area is 102 Å². The molecule has 0 amide bonds. The number of aliphatic hydroxyl groups is 1. The summed E-state index contributed by atoms with van der Waals surface area (Å²) in [6, 6.07) is 0. The topological polar surface area (TPSA) is 77.4 Å². The van der Waals surface area contributed by atoms with Gasteiger partial charge in [-0.25, -0.2) is 8.42 Å². The minimum Gasteiger partial charge on any atom is -0.748 e. The van der Waals surface area contributed by atoms with Crippen LogP contribution in [0.25, 0.3) is 0 Å². The maximum absolute atomic E-state index is 10.1. The molecule has 0 aromatic heterocycles. The third-order valence-electron chi connectivity index (χ3n) is 1.55. The summed E-state index contributed by atoms with van der Waals surface area (Å²) in [4.78, 5) is 0. The van der Waals surface area contributed by atoms with Gasteiger partial charge in [0.2, 0.25) is 0 Å². The minimum absolute atomic E-state index is 0. The normalized spacial score (nSPS) is 10.9. The van der Waals surface area contributed by atoms with Crippen molar-refractivity contribution in [3.8, 4) is 0 Å². The summed E-state index contributed by atoms with van der Waals surface area (Å²) in [7, 11) is -4.02. The summed E-state index contributed by atoms with van der Waals surface area (Å²) in [5, 5.41) is 8.41. The van der Waals surface area contributed by atoms with E-state index in [-0.39, 0.29) is 41.9 Å². The summed E-state index contributed by atoms with van der Waals surface area (Å²) in [6.45, 7) is 0.180. The molecule has 6 heteroatoms. The van der Waals surface area contributed by atoms with Crippen LogP contribution in [0.15, 0.2) is 0 Å². The van der Waals surface area contributed by atoms with Crippen molar-refractivity contribution in [3.05, 3.63) is 0 Å². The molecule has 0 heterocycles. The standard InChI is InChI=1S/C7H16O4S.Na/c8-6-4-2-1-3-5-7-12(9,10)11;/h8H,1-7H2,(H,9,10,11);/q;+1/p-1. The predicted molar refractivity (Wildman–Crippen MR) is 44.7 cm³/mol. The Morgan fingerprint density at radius 2 is 1.46 bits per heavy atom. The first kappa shape index (κ1) is 16.3. The van der Waals surface area contributed by atoms with Crippen LogP contribution in [-0.4, -0.2) is 30.4 Å². The van der Waals surface area contributed by atoms with Gasteiger partial charge < -0.3 is 9.66 Å². The SMILES string of the molecule is O=S(=O)([O-])CCCCCCCO.[Na+]. The first-order valence-corrected chi connectivity index (χ1v) is 5.68. The molecule has 0 unspecified atom stereocenters. The molecule has 0 aliphatic rings. The van der Waals surface area contributed by atoms with E-state index in [0.29, 0.717) is 6.42 Å². The van der Waals surface area contributed by atoms with E-state index in [1.165, 1.54) is 0 Å². The zero-order valence-electron chi connectivity index (χ0n) is 8.03. The van der Waals surface area contributed by atoms with Crippen molar-refractivity contribution >= 4 is 10.1 Å². The fraction of sp³-hybridized carbons (Fsp3) is 1.00. The van der Waals surface area contributed by atoms with Gasteiger partial charge in [0.15, 0.2) is 0 Å². The van der Waals surface area contributed by atoms with Crippen LogP contribution in [0.1, 0.15) is 32.1 Å². The first-order chi connectivity index (χ1) is 5.56. The van der Waals surface area contributed by atoms with Crippen LogP contribution in [0.5, 0.6) is 0 Å². The molecule has 0 rings (SSSR count). The van der Waals surface area contributed by atoms with Gasteiger partial charge in [-0.1, -0.05) is 19.3 Å². The summed E-state index contributed by atoms with van der Waals surface area (Å²) in [6.07, 6.45) is 3.73. The molecule has 0 saturated heterocycles. The Morgan fingerprint density at radius 3 is 1.92 bits per heavy atom. The van der Waals surface area contributed by atoms with E-state index in [0.717, 1.165) is 25.7 Å². The second kappa shape index (κ2) is 9.43. The third kappa shape index (κ3) is 15.6. The van der Waals surface area contributed by atoms with E-state index < -0.39 is 10.1 Å². The molecule has 0 spiro atoms. The molecule has 0 bridgehead atoms. The fourth-order valence-electron chi connectivity index (χ4n) is 0.921. The minimum atomic E-state index is -4.02. The van der Waals surface area contributed by atoms with Gasteiger partial charge in [-0.2, -0.15) is 0 Å². The molecule has 0 atom stereocenters. The van der Waals surface area contributed by atoms with Gasteiger partial charge in [-0.15, -0.1) is 0 Å². The second-order valence-electron chi connectivity index (χ2n) is 2.75. The van der Waals surface area contributed by atoms with Gasteiger partial charge in [-0.3, -0.25) is 0 Å². The molecule has 74 valence electrons. The molecule has 0 radical (unpaired) electrons. The van der Waals surface area contributed by atoms with Gasteiger partial charge in [0.05, 0.1) is 10.1 Å². The van der Waals surface area contributed by atoms with Crippen molar-refractivity contribution in [1.29, 1.82) is 0 Å². The fourth-order valence-corrected chi connectivity index (χ4v) is 1.48. The van der Waals surface area contributed by atoms with Crippen LogP contribution in [-0.2, 0) is 10.1 Å². The maximum atomic E-state index is 10.1. The second-order valence-corrected chi connectivity index (χ2v) is 4.28. The van der Waals surface area contributed by atoms with E-state index in [2.05, 4.69) is 0 Å². The summed E-state index contributed by atoms with van der Waals surface area (Å²) >= 11 is 0. The van der Waals surface area contributed by atoms with Gasteiger partial charge in [-0.05, 0) is 12.8 Å². The molecule has 0 fully saturated rings. The van der Waals surface area contributed by atoms with Gasteiger partial charge >= 0.3 is 29.6 Å². The smallest absolute Gasteiger partial charge is 0.748 e. The van der Waals surface area contributed by atoms with Crippen LogP contribution in [0.3, 0.4) is 0 Å². The van der Waals surface area contributed by atoms with Crippen LogP contribution in [0.4, 0.5) is 0 Å². The zero-order chi connectivity index (χ0) is 9.45. The first-order valence-electron chi connectivity index (χ1n) is 4.10. The number of hydrogen-bond acceptors (Lipinski definition) is 4. The quantitative estimate of drug-likeness (QED) is 0.290. The molecule has 13 heavy (non-hydrogen) atoms. The van der Waals surface area contributed by atoms with E-state index in [9.17, 15) is 13.0 Å². The van der Waals surface area contributed by atoms with Crippen molar-refractivity contribution < 1.29 is 47.6 Å². The van der Waals surface area contributed by atoms with Crippen molar-refractivity contribution in [3.63, 3.8) is 0 Å². The van der Waals surface area contributed by atoms with Gasteiger partial charge in [0.1, 0.15) is 0 Å². The molecule has 0 aliphatic heterocycles. The Kier molecular flexibility index (Phi) is 11.8.